The molecule has 0 radical (unpaired) electrons. The van der Waals surface area contributed by atoms with Crippen molar-refractivity contribution < 1.29 is 22.8 Å². The Labute approximate surface area is 159 Å². The highest BCUT2D eigenvalue weighted by molar-refractivity contribution is 6.31. The minimum atomic E-state index is -4.63. The maximum absolute atomic E-state index is 12.9. The fourth-order valence-corrected chi connectivity index (χ4v) is 2.45. The molecular weight excluding hydrogens is 381 g/mol. The topological polar surface area (TPSA) is 58.2 Å². The van der Waals surface area contributed by atoms with Crippen LogP contribution in [0, 0.1) is 5.92 Å². The van der Waals surface area contributed by atoms with Crippen LogP contribution in [-0.2, 0) is 6.18 Å². The third-order valence-corrected chi connectivity index (χ3v) is 3.92. The molecule has 4 nitrogen and oxygen atoms in total. The predicted octanol–water partition coefficient (Wildman–Crippen LogP) is 5.00. The zero-order valence-corrected chi connectivity index (χ0v) is 15.4. The van der Waals surface area contributed by atoms with Gasteiger partial charge in [-0.2, -0.15) is 13.2 Å². The third-order valence-electron chi connectivity index (χ3n) is 3.59. The molecule has 8 heteroatoms. The van der Waals surface area contributed by atoms with Gasteiger partial charge < -0.3 is 10.6 Å². The summed E-state index contributed by atoms with van der Waals surface area (Å²) in [6.07, 6.45) is -4.63. The van der Waals surface area contributed by atoms with E-state index in [1.165, 1.54) is 24.3 Å². The molecule has 0 unspecified atom stereocenters. The fraction of sp³-hybridized carbons (Fsp3) is 0.263. The summed E-state index contributed by atoms with van der Waals surface area (Å²) in [6.45, 7) is 4.39. The summed E-state index contributed by atoms with van der Waals surface area (Å²) in [4.78, 5) is 24.4. The second-order valence-electron chi connectivity index (χ2n) is 6.33. The van der Waals surface area contributed by atoms with Gasteiger partial charge in [0.25, 0.3) is 11.8 Å². The predicted molar refractivity (Wildman–Crippen MR) is 98.0 cm³/mol. The first kappa shape index (κ1) is 20.8. The van der Waals surface area contributed by atoms with Crippen molar-refractivity contribution in [3.8, 4) is 0 Å². The Morgan fingerprint density at radius 3 is 2.26 bits per heavy atom. The molecule has 0 spiro atoms. The molecule has 0 saturated heterocycles. The molecule has 0 atom stereocenters. The van der Waals surface area contributed by atoms with Gasteiger partial charge in [0, 0.05) is 23.4 Å². The molecule has 0 aliphatic heterocycles. The number of amides is 2. The number of nitrogens with one attached hydrogen (secondary N) is 2. The van der Waals surface area contributed by atoms with E-state index >= 15 is 0 Å². The van der Waals surface area contributed by atoms with Crippen LogP contribution in [0.25, 0.3) is 0 Å². The lowest BCUT2D eigenvalue weighted by molar-refractivity contribution is -0.137. The van der Waals surface area contributed by atoms with Crippen LogP contribution in [0.5, 0.6) is 0 Å². The van der Waals surface area contributed by atoms with Crippen molar-refractivity contribution in [1.82, 2.24) is 5.32 Å². The summed E-state index contributed by atoms with van der Waals surface area (Å²) in [5.41, 5.74) is -0.652. The molecule has 0 bridgehead atoms. The molecule has 2 N–H and O–H groups in total. The third kappa shape index (κ3) is 5.72. The molecule has 144 valence electrons. The first-order valence-electron chi connectivity index (χ1n) is 8.14. The van der Waals surface area contributed by atoms with Gasteiger partial charge >= 0.3 is 6.18 Å². The Bertz CT molecular complexity index is 851. The maximum atomic E-state index is 12.9. The first-order chi connectivity index (χ1) is 12.6. The van der Waals surface area contributed by atoms with E-state index in [0.29, 0.717) is 6.54 Å². The summed E-state index contributed by atoms with van der Waals surface area (Å²) < 4.78 is 38.8. The Hall–Kier alpha value is -2.54. The van der Waals surface area contributed by atoms with E-state index in [9.17, 15) is 22.8 Å². The standard InChI is InChI=1S/C19H18ClF3N2O2/c1-11(2)10-24-17(26)12-4-3-5-13(8-12)18(27)25-14-6-7-16(20)15(9-14)19(21,22)23/h3-9,11H,10H2,1-2H3,(H,24,26)(H,25,27). The number of benzene rings is 2. The maximum Gasteiger partial charge on any atom is 0.417 e. The molecule has 0 saturated carbocycles. The number of rotatable bonds is 5. The lowest BCUT2D eigenvalue weighted by Crippen LogP contribution is -2.27. The van der Waals surface area contributed by atoms with Gasteiger partial charge in [0.1, 0.15) is 0 Å². The van der Waals surface area contributed by atoms with Gasteiger partial charge in [0.2, 0.25) is 0 Å². The van der Waals surface area contributed by atoms with Gasteiger partial charge in [-0.15, -0.1) is 0 Å². The van der Waals surface area contributed by atoms with Crippen molar-refractivity contribution in [2.45, 2.75) is 20.0 Å². The summed E-state index contributed by atoms with van der Waals surface area (Å²) in [5.74, 6) is -0.693. The Balaban J connectivity index is 2.17. The van der Waals surface area contributed by atoms with Gasteiger partial charge in [-0.3, -0.25) is 9.59 Å². The number of hydrogen-bond acceptors (Lipinski definition) is 2. The molecule has 27 heavy (non-hydrogen) atoms. The van der Waals surface area contributed by atoms with Crippen molar-refractivity contribution in [2.24, 2.45) is 5.92 Å². The molecule has 2 amide bonds. The molecule has 2 aromatic carbocycles. The number of anilines is 1. The number of carbonyl (C=O) groups excluding carboxylic acids is 2. The molecule has 0 heterocycles. The lowest BCUT2D eigenvalue weighted by atomic mass is 10.1. The molecular formula is C19H18ClF3N2O2. The van der Waals surface area contributed by atoms with Gasteiger partial charge in [-0.25, -0.2) is 0 Å². The van der Waals surface area contributed by atoms with Crippen LogP contribution < -0.4 is 10.6 Å². The number of halogens is 4. The van der Waals surface area contributed by atoms with E-state index in [4.69, 9.17) is 11.6 Å². The molecule has 2 rings (SSSR count). The van der Waals surface area contributed by atoms with E-state index < -0.39 is 22.7 Å². The van der Waals surface area contributed by atoms with Crippen molar-refractivity contribution in [3.05, 3.63) is 64.2 Å². The molecule has 0 aliphatic rings. The Morgan fingerprint density at radius 2 is 1.67 bits per heavy atom. The normalized spacial score (nSPS) is 11.4. The Kier molecular flexibility index (Phi) is 6.49. The average molecular weight is 399 g/mol. The minimum Gasteiger partial charge on any atom is -0.352 e. The summed E-state index contributed by atoms with van der Waals surface area (Å²) in [5, 5.41) is 4.66. The van der Waals surface area contributed by atoms with Crippen LogP contribution in [0.4, 0.5) is 18.9 Å². The van der Waals surface area contributed by atoms with E-state index in [-0.39, 0.29) is 28.6 Å². The van der Waals surface area contributed by atoms with E-state index in [1.807, 2.05) is 13.8 Å². The number of alkyl halides is 3. The van der Waals surface area contributed by atoms with Crippen LogP contribution in [0.3, 0.4) is 0 Å². The van der Waals surface area contributed by atoms with Gasteiger partial charge in [0.05, 0.1) is 10.6 Å². The van der Waals surface area contributed by atoms with Crippen LogP contribution in [-0.4, -0.2) is 18.4 Å². The Morgan fingerprint density at radius 1 is 1.04 bits per heavy atom. The van der Waals surface area contributed by atoms with Crippen LogP contribution in [0.1, 0.15) is 40.1 Å². The van der Waals surface area contributed by atoms with Crippen LogP contribution >= 0.6 is 11.6 Å². The molecule has 0 fully saturated rings. The highest BCUT2D eigenvalue weighted by atomic mass is 35.5. The summed E-state index contributed by atoms with van der Waals surface area (Å²) in [6, 6.07) is 9.03. The largest absolute Gasteiger partial charge is 0.417 e. The zero-order chi connectivity index (χ0) is 20.2. The van der Waals surface area contributed by atoms with E-state index in [1.54, 1.807) is 6.07 Å². The monoisotopic (exact) mass is 398 g/mol. The van der Waals surface area contributed by atoms with E-state index in [0.717, 1.165) is 12.1 Å². The highest BCUT2D eigenvalue weighted by Crippen LogP contribution is 2.36. The quantitative estimate of drug-likeness (QED) is 0.744. The van der Waals surface area contributed by atoms with Gasteiger partial charge in [0.15, 0.2) is 0 Å². The SMILES string of the molecule is CC(C)CNC(=O)c1cccc(C(=O)Nc2ccc(Cl)c(C(F)(F)F)c2)c1. The highest BCUT2D eigenvalue weighted by Gasteiger charge is 2.33. The smallest absolute Gasteiger partial charge is 0.352 e. The van der Waals surface area contributed by atoms with Crippen LogP contribution in [0.2, 0.25) is 5.02 Å². The van der Waals surface area contributed by atoms with E-state index in [2.05, 4.69) is 10.6 Å². The second kappa shape index (κ2) is 8.43. The minimum absolute atomic E-state index is 0.0496. The van der Waals surface area contributed by atoms with Gasteiger partial charge in [-0.05, 0) is 42.3 Å². The number of carbonyl (C=O) groups is 2. The van der Waals surface area contributed by atoms with Crippen molar-refractivity contribution >= 4 is 29.1 Å². The molecule has 0 aliphatic carbocycles. The van der Waals surface area contributed by atoms with Gasteiger partial charge in [-0.1, -0.05) is 31.5 Å². The van der Waals surface area contributed by atoms with Crippen molar-refractivity contribution in [1.29, 1.82) is 0 Å². The molecule has 0 aromatic heterocycles. The van der Waals surface area contributed by atoms with Crippen molar-refractivity contribution in [2.75, 3.05) is 11.9 Å². The average Bonchev–Trinajstić information content (AvgIpc) is 2.60. The molecule has 2 aromatic rings. The first-order valence-corrected chi connectivity index (χ1v) is 8.52. The fourth-order valence-electron chi connectivity index (χ4n) is 2.22. The second-order valence-corrected chi connectivity index (χ2v) is 6.74. The summed E-state index contributed by atoms with van der Waals surface area (Å²) >= 11 is 5.56. The lowest BCUT2D eigenvalue weighted by Gasteiger charge is -2.12. The summed E-state index contributed by atoms with van der Waals surface area (Å²) in [7, 11) is 0. The zero-order valence-electron chi connectivity index (χ0n) is 14.7. The van der Waals surface area contributed by atoms with Crippen molar-refractivity contribution in [3.63, 3.8) is 0 Å². The van der Waals surface area contributed by atoms with Crippen LogP contribution in [0.15, 0.2) is 42.5 Å². The number of hydrogen-bond donors (Lipinski definition) is 2.